The minimum atomic E-state index is 0.289. The van der Waals surface area contributed by atoms with Gasteiger partial charge in [-0.25, -0.2) is 4.98 Å². The molecule has 2 heterocycles. The first-order valence-electron chi connectivity index (χ1n) is 6.61. The van der Waals surface area contributed by atoms with Crippen molar-refractivity contribution in [2.24, 2.45) is 0 Å². The lowest BCUT2D eigenvalue weighted by molar-refractivity contribution is 0.122. The average Bonchev–Trinajstić information content (AvgIpc) is 2.52. The number of nitrogens with zero attached hydrogens (tertiary/aromatic N) is 3. The van der Waals surface area contributed by atoms with Crippen LogP contribution in [0.15, 0.2) is 40.3 Å². The molecule has 7 heteroatoms. The summed E-state index contributed by atoms with van der Waals surface area (Å²) in [7, 11) is 0. The van der Waals surface area contributed by atoms with E-state index in [-0.39, 0.29) is 5.95 Å². The average molecular weight is 323 g/mol. The van der Waals surface area contributed by atoms with E-state index in [1.54, 1.807) is 18.0 Å². The van der Waals surface area contributed by atoms with Crippen molar-refractivity contribution in [2.45, 2.75) is 9.79 Å². The third-order valence-electron chi connectivity index (χ3n) is 3.11. The maximum Gasteiger partial charge on any atom is 0.222 e. The number of hydrogen-bond acceptors (Lipinski definition) is 6. The Morgan fingerprint density at radius 3 is 2.62 bits per heavy atom. The number of halogens is 1. The van der Waals surface area contributed by atoms with Crippen LogP contribution in [-0.4, -0.2) is 36.3 Å². The van der Waals surface area contributed by atoms with E-state index in [0.717, 1.165) is 33.7 Å². The molecule has 1 aromatic carbocycles. The SMILES string of the molecule is Nc1ncc(Sc2ccc(Cl)cc2)c(N2CCOCC2)n1. The molecule has 0 bridgehead atoms. The van der Waals surface area contributed by atoms with Crippen LogP contribution in [0.5, 0.6) is 0 Å². The number of morpholine rings is 1. The molecule has 0 aliphatic carbocycles. The molecule has 1 aliphatic heterocycles. The van der Waals surface area contributed by atoms with Gasteiger partial charge in [-0.2, -0.15) is 4.98 Å². The van der Waals surface area contributed by atoms with Crippen LogP contribution in [-0.2, 0) is 4.74 Å². The zero-order chi connectivity index (χ0) is 14.7. The van der Waals surface area contributed by atoms with Crippen LogP contribution in [0.3, 0.4) is 0 Å². The Morgan fingerprint density at radius 1 is 1.19 bits per heavy atom. The van der Waals surface area contributed by atoms with Gasteiger partial charge >= 0.3 is 0 Å². The molecule has 1 aliphatic rings. The van der Waals surface area contributed by atoms with Crippen LogP contribution < -0.4 is 10.6 Å². The van der Waals surface area contributed by atoms with Gasteiger partial charge in [0, 0.05) is 29.2 Å². The topological polar surface area (TPSA) is 64.3 Å². The summed E-state index contributed by atoms with van der Waals surface area (Å²) in [6, 6.07) is 7.70. The molecule has 5 nitrogen and oxygen atoms in total. The number of nitrogen functional groups attached to an aromatic ring is 1. The maximum atomic E-state index is 5.92. The fourth-order valence-corrected chi connectivity index (χ4v) is 3.10. The molecular formula is C14H15ClN4OS. The Hall–Kier alpha value is -1.50. The smallest absolute Gasteiger partial charge is 0.222 e. The predicted octanol–water partition coefficient (Wildman–Crippen LogP) is 2.70. The summed E-state index contributed by atoms with van der Waals surface area (Å²) in [5.74, 6) is 1.16. The van der Waals surface area contributed by atoms with Crippen LogP contribution in [0.1, 0.15) is 0 Å². The van der Waals surface area contributed by atoms with E-state index in [2.05, 4.69) is 14.9 Å². The van der Waals surface area contributed by atoms with Crippen LogP contribution in [0.2, 0.25) is 5.02 Å². The second-order valence-electron chi connectivity index (χ2n) is 4.57. The van der Waals surface area contributed by atoms with E-state index in [0.29, 0.717) is 13.2 Å². The van der Waals surface area contributed by atoms with Crippen molar-refractivity contribution in [3.8, 4) is 0 Å². The van der Waals surface area contributed by atoms with E-state index in [1.165, 1.54) is 0 Å². The van der Waals surface area contributed by atoms with Gasteiger partial charge in [0.25, 0.3) is 0 Å². The normalized spacial score (nSPS) is 15.2. The molecule has 2 N–H and O–H groups in total. The molecule has 0 amide bonds. The van der Waals surface area contributed by atoms with Gasteiger partial charge in [-0.05, 0) is 24.3 Å². The van der Waals surface area contributed by atoms with Gasteiger partial charge in [0.1, 0.15) is 5.82 Å². The third kappa shape index (κ3) is 3.58. The van der Waals surface area contributed by atoms with Crippen LogP contribution in [0.4, 0.5) is 11.8 Å². The van der Waals surface area contributed by atoms with Crippen molar-refractivity contribution in [3.63, 3.8) is 0 Å². The minimum Gasteiger partial charge on any atom is -0.378 e. The number of aromatic nitrogens is 2. The molecule has 2 aromatic rings. The molecule has 1 fully saturated rings. The van der Waals surface area contributed by atoms with Gasteiger partial charge in [-0.1, -0.05) is 23.4 Å². The van der Waals surface area contributed by atoms with Crippen molar-refractivity contribution in [1.82, 2.24) is 9.97 Å². The third-order valence-corrected chi connectivity index (χ3v) is 4.37. The second-order valence-corrected chi connectivity index (χ2v) is 6.12. The van der Waals surface area contributed by atoms with Gasteiger partial charge in [-0.3, -0.25) is 0 Å². The van der Waals surface area contributed by atoms with Crippen LogP contribution in [0.25, 0.3) is 0 Å². The first kappa shape index (κ1) is 14.4. The van der Waals surface area contributed by atoms with Crippen molar-refractivity contribution in [2.75, 3.05) is 36.9 Å². The molecule has 110 valence electrons. The summed E-state index contributed by atoms with van der Waals surface area (Å²) >= 11 is 7.52. The summed E-state index contributed by atoms with van der Waals surface area (Å²) in [5, 5.41) is 0.723. The molecule has 0 radical (unpaired) electrons. The van der Waals surface area contributed by atoms with Crippen molar-refractivity contribution >= 4 is 35.1 Å². The van der Waals surface area contributed by atoms with E-state index < -0.39 is 0 Å². The van der Waals surface area contributed by atoms with Gasteiger partial charge < -0.3 is 15.4 Å². The Labute approximate surface area is 132 Å². The Kier molecular flexibility index (Phi) is 4.48. The van der Waals surface area contributed by atoms with Gasteiger partial charge in [0.2, 0.25) is 5.95 Å². The van der Waals surface area contributed by atoms with E-state index in [1.807, 2.05) is 24.3 Å². The summed E-state index contributed by atoms with van der Waals surface area (Å²) in [6.07, 6.45) is 1.77. The van der Waals surface area contributed by atoms with Crippen molar-refractivity contribution < 1.29 is 4.74 Å². The zero-order valence-electron chi connectivity index (χ0n) is 11.3. The number of nitrogens with two attached hydrogens (primary N) is 1. The lowest BCUT2D eigenvalue weighted by atomic mass is 10.4. The molecule has 21 heavy (non-hydrogen) atoms. The lowest BCUT2D eigenvalue weighted by Crippen LogP contribution is -2.37. The summed E-state index contributed by atoms with van der Waals surface area (Å²) < 4.78 is 5.38. The fraction of sp³-hybridized carbons (Fsp3) is 0.286. The van der Waals surface area contributed by atoms with Gasteiger partial charge in [-0.15, -0.1) is 0 Å². The van der Waals surface area contributed by atoms with E-state index in [9.17, 15) is 0 Å². The Morgan fingerprint density at radius 2 is 1.90 bits per heavy atom. The molecule has 0 atom stereocenters. The fourth-order valence-electron chi connectivity index (χ4n) is 2.08. The molecular weight excluding hydrogens is 308 g/mol. The molecule has 0 saturated carbocycles. The summed E-state index contributed by atoms with van der Waals surface area (Å²) in [5.41, 5.74) is 5.74. The van der Waals surface area contributed by atoms with Crippen molar-refractivity contribution in [3.05, 3.63) is 35.5 Å². The quantitative estimate of drug-likeness (QED) is 0.937. The number of hydrogen-bond donors (Lipinski definition) is 1. The van der Waals surface area contributed by atoms with Crippen LogP contribution in [0, 0.1) is 0 Å². The number of benzene rings is 1. The highest BCUT2D eigenvalue weighted by atomic mass is 35.5. The van der Waals surface area contributed by atoms with Gasteiger partial charge in [0.15, 0.2) is 0 Å². The Bertz CT molecular complexity index is 617. The maximum absolute atomic E-state index is 5.92. The van der Waals surface area contributed by atoms with E-state index in [4.69, 9.17) is 22.1 Å². The van der Waals surface area contributed by atoms with Crippen LogP contribution >= 0.6 is 23.4 Å². The highest BCUT2D eigenvalue weighted by Gasteiger charge is 2.18. The highest BCUT2D eigenvalue weighted by molar-refractivity contribution is 7.99. The zero-order valence-corrected chi connectivity index (χ0v) is 12.9. The molecule has 0 unspecified atom stereocenters. The molecule has 1 aromatic heterocycles. The minimum absolute atomic E-state index is 0.289. The Balaban J connectivity index is 1.88. The first-order valence-corrected chi connectivity index (χ1v) is 7.80. The second kappa shape index (κ2) is 6.51. The highest BCUT2D eigenvalue weighted by Crippen LogP contribution is 2.34. The molecule has 3 rings (SSSR count). The first-order chi connectivity index (χ1) is 10.2. The summed E-state index contributed by atoms with van der Waals surface area (Å²) in [6.45, 7) is 3.03. The standard InChI is InChI=1S/C14H15ClN4OS/c15-10-1-3-11(4-2-10)21-12-9-17-14(16)18-13(12)19-5-7-20-8-6-19/h1-4,9H,5-8H2,(H2,16,17,18). The predicted molar refractivity (Wildman–Crippen MR) is 85.1 cm³/mol. The van der Waals surface area contributed by atoms with Gasteiger partial charge in [0.05, 0.1) is 18.1 Å². The number of anilines is 2. The summed E-state index contributed by atoms with van der Waals surface area (Å²) in [4.78, 5) is 12.8. The largest absolute Gasteiger partial charge is 0.378 e. The monoisotopic (exact) mass is 322 g/mol. The van der Waals surface area contributed by atoms with E-state index >= 15 is 0 Å². The van der Waals surface area contributed by atoms with Crippen molar-refractivity contribution in [1.29, 1.82) is 0 Å². The lowest BCUT2D eigenvalue weighted by Gasteiger charge is -2.29. The number of rotatable bonds is 3. The number of ether oxygens (including phenoxy) is 1. The molecule has 0 spiro atoms. The molecule has 1 saturated heterocycles.